The fourth-order valence-electron chi connectivity index (χ4n) is 1.81. The molecule has 0 aliphatic heterocycles. The average Bonchev–Trinajstić information content (AvgIpc) is 2.88. The van der Waals surface area contributed by atoms with Gasteiger partial charge < -0.3 is 5.21 Å². The largest absolute Gasteiger partial charge is 0.411 e. The van der Waals surface area contributed by atoms with E-state index < -0.39 is 0 Å². The van der Waals surface area contributed by atoms with Crippen LogP contribution in [-0.4, -0.2) is 33.6 Å². The van der Waals surface area contributed by atoms with Crippen LogP contribution in [0.15, 0.2) is 29.4 Å². The van der Waals surface area contributed by atoms with Gasteiger partial charge in [-0.1, -0.05) is 32.1 Å². The normalized spacial score (nSPS) is 10.9. The van der Waals surface area contributed by atoms with Crippen molar-refractivity contribution in [2.75, 3.05) is 7.11 Å². The SMILES string of the molecule is CC.CONC(CCc1ccc2c(cnn2O)c1)=NC=S. The fraction of sp³-hybridized carbons (Fsp3) is 0.357. The van der Waals surface area contributed by atoms with Gasteiger partial charge in [0.05, 0.1) is 18.8 Å². The Hall–Kier alpha value is -1.99. The molecule has 0 saturated heterocycles. The summed E-state index contributed by atoms with van der Waals surface area (Å²) in [6.45, 7) is 4.00. The summed E-state index contributed by atoms with van der Waals surface area (Å²) in [6.07, 6.45) is 3.09. The van der Waals surface area contributed by atoms with Crippen LogP contribution in [0.3, 0.4) is 0 Å². The molecule has 0 aliphatic carbocycles. The Bertz CT molecular complexity index is 610. The second-order valence-corrected chi connectivity index (χ2v) is 4.13. The molecule has 0 radical (unpaired) electrons. The van der Waals surface area contributed by atoms with Crippen molar-refractivity contribution in [3.05, 3.63) is 30.0 Å². The first-order valence-corrected chi connectivity index (χ1v) is 7.17. The van der Waals surface area contributed by atoms with Crippen molar-refractivity contribution >= 4 is 34.4 Å². The van der Waals surface area contributed by atoms with Crippen molar-refractivity contribution in [1.82, 2.24) is 15.4 Å². The van der Waals surface area contributed by atoms with Crippen molar-refractivity contribution in [1.29, 1.82) is 0 Å². The molecule has 2 rings (SSSR count). The molecule has 0 aliphatic rings. The number of thiocarbonyl (C=S) groups is 1. The number of hydrogen-bond donors (Lipinski definition) is 2. The number of hydroxylamine groups is 1. The van der Waals surface area contributed by atoms with Gasteiger partial charge >= 0.3 is 0 Å². The highest BCUT2D eigenvalue weighted by Crippen LogP contribution is 2.15. The minimum Gasteiger partial charge on any atom is -0.411 e. The smallest absolute Gasteiger partial charge is 0.127 e. The quantitative estimate of drug-likeness (QED) is 0.292. The number of amidine groups is 1. The molecule has 0 bridgehead atoms. The highest BCUT2D eigenvalue weighted by atomic mass is 32.1. The van der Waals surface area contributed by atoms with Gasteiger partial charge in [-0.15, -0.1) is 9.94 Å². The van der Waals surface area contributed by atoms with E-state index in [0.717, 1.165) is 22.2 Å². The summed E-state index contributed by atoms with van der Waals surface area (Å²) >= 11 is 4.69. The predicted molar refractivity (Wildman–Crippen MR) is 87.8 cm³/mol. The van der Waals surface area contributed by atoms with Crippen molar-refractivity contribution in [3.63, 3.8) is 0 Å². The van der Waals surface area contributed by atoms with Gasteiger partial charge in [0.25, 0.3) is 0 Å². The van der Waals surface area contributed by atoms with Gasteiger partial charge in [0, 0.05) is 11.8 Å². The number of aromatic nitrogens is 2. The maximum atomic E-state index is 9.40. The van der Waals surface area contributed by atoms with Gasteiger partial charge in [-0.25, -0.2) is 4.99 Å². The summed E-state index contributed by atoms with van der Waals surface area (Å²) in [7, 11) is 1.53. The van der Waals surface area contributed by atoms with Crippen LogP contribution in [0.4, 0.5) is 0 Å². The van der Waals surface area contributed by atoms with Crippen LogP contribution in [0.25, 0.3) is 10.9 Å². The number of nitrogens with zero attached hydrogens (tertiary/aromatic N) is 3. The topological polar surface area (TPSA) is 71.7 Å². The molecule has 0 amide bonds. The van der Waals surface area contributed by atoms with Gasteiger partial charge in [-0.05, 0) is 24.1 Å². The molecule has 6 nitrogen and oxygen atoms in total. The number of nitrogens with one attached hydrogen (secondary N) is 1. The first-order chi connectivity index (χ1) is 10.2. The fourth-order valence-corrected chi connectivity index (χ4v) is 1.94. The number of hydrogen-bond acceptors (Lipinski definition) is 4. The van der Waals surface area contributed by atoms with E-state index in [1.54, 1.807) is 6.20 Å². The third-order valence-corrected chi connectivity index (χ3v) is 2.80. The Morgan fingerprint density at radius 2 is 2.29 bits per heavy atom. The van der Waals surface area contributed by atoms with Crippen LogP contribution in [0.1, 0.15) is 25.8 Å². The Morgan fingerprint density at radius 3 is 2.95 bits per heavy atom. The molecule has 1 aromatic carbocycles. The van der Waals surface area contributed by atoms with Gasteiger partial charge in [0.2, 0.25) is 0 Å². The van der Waals surface area contributed by atoms with E-state index in [4.69, 9.17) is 17.1 Å². The molecule has 2 N–H and O–H groups in total. The zero-order chi connectivity index (χ0) is 15.7. The average molecular weight is 308 g/mol. The summed E-state index contributed by atoms with van der Waals surface area (Å²) in [5, 5.41) is 14.1. The van der Waals surface area contributed by atoms with Crippen molar-refractivity contribution < 1.29 is 10.0 Å². The Labute approximate surface area is 129 Å². The minimum absolute atomic E-state index is 0.676. The second-order valence-electron chi connectivity index (χ2n) is 3.91. The van der Waals surface area contributed by atoms with E-state index in [9.17, 15) is 5.21 Å². The molecule has 0 fully saturated rings. The molecule has 114 valence electrons. The lowest BCUT2D eigenvalue weighted by atomic mass is 10.1. The van der Waals surface area contributed by atoms with Gasteiger partial charge in [-0.3, -0.25) is 10.3 Å². The summed E-state index contributed by atoms with van der Waals surface area (Å²) in [5.41, 5.74) is 5.80. The van der Waals surface area contributed by atoms with Crippen LogP contribution in [0.2, 0.25) is 0 Å². The first kappa shape index (κ1) is 17.1. The summed E-state index contributed by atoms with van der Waals surface area (Å²) in [6, 6.07) is 5.76. The number of fused-ring (bicyclic) bond motifs is 1. The monoisotopic (exact) mass is 308 g/mol. The third kappa shape index (κ3) is 4.80. The van der Waals surface area contributed by atoms with E-state index in [-0.39, 0.29) is 0 Å². The molecule has 1 heterocycles. The predicted octanol–water partition coefficient (Wildman–Crippen LogP) is 2.74. The number of benzene rings is 1. The maximum absolute atomic E-state index is 9.40. The van der Waals surface area contributed by atoms with Crippen LogP contribution < -0.4 is 5.48 Å². The summed E-state index contributed by atoms with van der Waals surface area (Å²) in [5.74, 6) is 0.676. The van der Waals surface area contributed by atoms with E-state index in [0.29, 0.717) is 17.8 Å². The van der Waals surface area contributed by atoms with Crippen LogP contribution in [0.5, 0.6) is 0 Å². The number of aryl methyl sites for hydroxylation is 1. The van der Waals surface area contributed by atoms with Crippen LogP contribution >= 0.6 is 12.2 Å². The number of aliphatic imine (C=N–C) groups is 1. The van der Waals surface area contributed by atoms with Crippen molar-refractivity contribution in [2.45, 2.75) is 26.7 Å². The highest BCUT2D eigenvalue weighted by molar-refractivity contribution is 7.78. The zero-order valence-electron chi connectivity index (χ0n) is 12.4. The maximum Gasteiger partial charge on any atom is 0.127 e. The lowest BCUT2D eigenvalue weighted by Crippen LogP contribution is -2.22. The lowest BCUT2D eigenvalue weighted by molar-refractivity contribution is 0.143. The Kier molecular flexibility index (Phi) is 7.34. The molecule has 0 spiro atoms. The molecule has 7 heteroatoms. The molecule has 2 aromatic rings. The third-order valence-electron chi connectivity index (χ3n) is 2.69. The van der Waals surface area contributed by atoms with Crippen LogP contribution in [0, 0.1) is 0 Å². The second kappa shape index (κ2) is 9.04. The van der Waals surface area contributed by atoms with Crippen molar-refractivity contribution in [3.8, 4) is 0 Å². The molecule has 0 atom stereocenters. The van der Waals surface area contributed by atoms with Gasteiger partial charge in [0.15, 0.2) is 0 Å². The standard InChI is InChI=1S/C12H14N4O2S.C2H6/c1-18-15-12(13-8-19)5-3-9-2-4-11-10(6-9)7-14-16(11)17;1-2/h2,4,6-8,17H,3,5H2,1H3,(H,13,15,19);1-2H3. The Balaban J connectivity index is 0.00000106. The molecular weight excluding hydrogens is 288 g/mol. The molecule has 0 saturated carbocycles. The lowest BCUT2D eigenvalue weighted by Gasteiger charge is -2.06. The Morgan fingerprint density at radius 1 is 1.52 bits per heavy atom. The summed E-state index contributed by atoms with van der Waals surface area (Å²) in [4.78, 5) is 9.70. The van der Waals surface area contributed by atoms with E-state index in [1.807, 2.05) is 32.0 Å². The minimum atomic E-state index is 0.676. The van der Waals surface area contributed by atoms with E-state index >= 15 is 0 Å². The number of rotatable bonds is 5. The first-order valence-electron chi connectivity index (χ1n) is 6.70. The summed E-state index contributed by atoms with van der Waals surface area (Å²) < 4.78 is 0. The van der Waals surface area contributed by atoms with Crippen LogP contribution in [-0.2, 0) is 11.3 Å². The van der Waals surface area contributed by atoms with Gasteiger partial charge in [0.1, 0.15) is 11.4 Å². The van der Waals surface area contributed by atoms with E-state index in [2.05, 4.69) is 15.6 Å². The zero-order valence-corrected chi connectivity index (χ0v) is 13.2. The van der Waals surface area contributed by atoms with Gasteiger partial charge in [-0.2, -0.15) is 0 Å². The van der Waals surface area contributed by atoms with E-state index in [1.165, 1.54) is 12.6 Å². The molecule has 1 aromatic heterocycles. The molecule has 0 unspecified atom stereocenters. The molecule has 21 heavy (non-hydrogen) atoms. The van der Waals surface area contributed by atoms with Crippen molar-refractivity contribution in [2.24, 2.45) is 4.99 Å². The highest BCUT2D eigenvalue weighted by Gasteiger charge is 2.04. The molecular formula is C14H20N4O2S.